The van der Waals surface area contributed by atoms with E-state index in [-0.39, 0.29) is 12.6 Å². The summed E-state index contributed by atoms with van der Waals surface area (Å²) in [6, 6.07) is 2.59. The molecule has 0 radical (unpaired) electrons. The number of nitrogens with two attached hydrogens (primary N) is 1. The maximum Gasteiger partial charge on any atom is 0.341 e. The maximum atomic E-state index is 11.2. The molecule has 0 fully saturated rings. The SMILES string of the molecule is N=[N+]=NC(CN)C[n+]1ccc(CC(P(=O)(O)O)P(=O)(O)O)cc1. The van der Waals surface area contributed by atoms with E-state index in [9.17, 15) is 9.13 Å². The van der Waals surface area contributed by atoms with Crippen LogP contribution in [-0.2, 0) is 22.1 Å². The molecule has 0 aliphatic carbocycles. The van der Waals surface area contributed by atoms with E-state index in [0.29, 0.717) is 12.1 Å². The van der Waals surface area contributed by atoms with Crippen molar-refractivity contribution in [3.63, 3.8) is 0 Å². The molecule has 1 aromatic rings. The van der Waals surface area contributed by atoms with Gasteiger partial charge in [-0.15, -0.1) is 0 Å². The molecule has 0 spiro atoms. The molecule has 13 heteroatoms. The Kier molecular flexibility index (Phi) is 6.88. The molecular formula is C10H19N5O6P2+2. The molecule has 1 unspecified atom stereocenters. The molecule has 0 aliphatic heterocycles. The second-order valence-electron chi connectivity index (χ2n) is 4.87. The third-order valence-electron chi connectivity index (χ3n) is 3.07. The van der Waals surface area contributed by atoms with E-state index in [0.717, 1.165) is 0 Å². The summed E-state index contributed by atoms with van der Waals surface area (Å²) in [5.41, 5.74) is 12.5. The van der Waals surface area contributed by atoms with Crippen molar-refractivity contribution in [3.05, 3.63) is 30.1 Å². The fourth-order valence-electron chi connectivity index (χ4n) is 1.87. The van der Waals surface area contributed by atoms with Crippen LogP contribution in [0.1, 0.15) is 5.56 Å². The first-order valence-corrected chi connectivity index (χ1v) is 9.79. The van der Waals surface area contributed by atoms with E-state index >= 15 is 0 Å². The van der Waals surface area contributed by atoms with E-state index in [1.807, 2.05) is 0 Å². The lowest BCUT2D eigenvalue weighted by atomic mass is 10.2. The number of pyridine rings is 1. The lowest BCUT2D eigenvalue weighted by molar-refractivity contribution is -0.698. The van der Waals surface area contributed by atoms with Gasteiger partial charge in [0.05, 0.1) is 0 Å². The minimum absolute atomic E-state index is 0.190. The maximum absolute atomic E-state index is 11.2. The number of nitrogens with one attached hydrogen (secondary N) is 1. The molecule has 1 atom stereocenters. The Labute approximate surface area is 131 Å². The highest BCUT2D eigenvalue weighted by Crippen LogP contribution is 2.60. The summed E-state index contributed by atoms with van der Waals surface area (Å²) in [5, 5.41) is 1.54. The van der Waals surface area contributed by atoms with Gasteiger partial charge in [0, 0.05) is 18.7 Å². The van der Waals surface area contributed by atoms with E-state index < -0.39 is 27.0 Å². The van der Waals surface area contributed by atoms with Gasteiger partial charge >= 0.3 is 15.2 Å². The van der Waals surface area contributed by atoms with Crippen LogP contribution in [-0.4, -0.2) is 37.6 Å². The van der Waals surface area contributed by atoms with Gasteiger partial charge in [-0.1, -0.05) is 0 Å². The van der Waals surface area contributed by atoms with Crippen LogP contribution in [0.5, 0.6) is 0 Å². The first-order valence-electron chi connectivity index (χ1n) is 6.43. The van der Waals surface area contributed by atoms with Gasteiger partial charge in [-0.05, 0) is 12.0 Å². The standard InChI is InChI=1S/C10H17N5O6P2/c11-6-9(13-14-12)7-15-3-1-8(2-4-15)5-10(22(16,17)18)23(19,20)21/h1-4,9-10,12H,5-7,11H2,(H2-2,16,17,18,19,20,21)/p+2. The van der Waals surface area contributed by atoms with Crippen LogP contribution in [0.4, 0.5) is 0 Å². The van der Waals surface area contributed by atoms with Gasteiger partial charge in [-0.3, -0.25) is 9.13 Å². The lowest BCUT2D eigenvalue weighted by Gasteiger charge is -2.19. The van der Waals surface area contributed by atoms with Crippen molar-refractivity contribution in [1.82, 2.24) is 4.91 Å². The monoisotopic (exact) mass is 367 g/mol. The molecule has 1 aromatic heterocycles. The van der Waals surface area contributed by atoms with Crippen LogP contribution in [0.2, 0.25) is 0 Å². The molecule has 0 saturated carbocycles. The highest BCUT2D eigenvalue weighted by Gasteiger charge is 2.43. The summed E-state index contributed by atoms with van der Waals surface area (Å²) < 4.78 is 24.2. The van der Waals surface area contributed by atoms with E-state index in [1.54, 1.807) is 17.0 Å². The molecule has 7 N–H and O–H groups in total. The summed E-state index contributed by atoms with van der Waals surface area (Å²) in [6.07, 6.45) is 2.67. The van der Waals surface area contributed by atoms with Gasteiger partial charge in [0.1, 0.15) is 10.6 Å². The second kappa shape index (κ2) is 8.01. The van der Waals surface area contributed by atoms with Crippen LogP contribution >= 0.6 is 15.2 Å². The number of hydrogen-bond acceptors (Lipinski definition) is 5. The van der Waals surface area contributed by atoms with Crippen LogP contribution < -0.4 is 15.2 Å². The first-order chi connectivity index (χ1) is 10.6. The quantitative estimate of drug-likeness (QED) is 0.148. The van der Waals surface area contributed by atoms with E-state index in [2.05, 4.69) is 10.0 Å². The third-order valence-corrected chi connectivity index (χ3v) is 6.79. The molecule has 0 amide bonds. The molecule has 1 heterocycles. The molecule has 23 heavy (non-hydrogen) atoms. The van der Waals surface area contributed by atoms with Crippen molar-refractivity contribution in [3.8, 4) is 0 Å². The molecule has 1 rings (SSSR count). The zero-order chi connectivity index (χ0) is 17.7. The van der Waals surface area contributed by atoms with Gasteiger partial charge in [0.25, 0.3) is 0 Å². The van der Waals surface area contributed by atoms with Gasteiger partial charge < -0.3 is 25.3 Å². The summed E-state index contributed by atoms with van der Waals surface area (Å²) >= 11 is 0. The Morgan fingerprint density at radius 2 is 1.74 bits per heavy atom. The predicted molar refractivity (Wildman–Crippen MR) is 78.3 cm³/mol. The average molecular weight is 367 g/mol. The van der Waals surface area contributed by atoms with Gasteiger partial charge in [-0.2, -0.15) is 0 Å². The zero-order valence-corrected chi connectivity index (χ0v) is 13.8. The molecule has 0 bridgehead atoms. The predicted octanol–water partition coefficient (Wildman–Crippen LogP) is -0.924. The molecule has 128 valence electrons. The van der Waals surface area contributed by atoms with Gasteiger partial charge in [0.15, 0.2) is 24.3 Å². The van der Waals surface area contributed by atoms with Crippen molar-refractivity contribution in [1.29, 1.82) is 5.53 Å². The van der Waals surface area contributed by atoms with Gasteiger partial charge in [0.2, 0.25) is 11.0 Å². The smallest absolute Gasteiger partial charge is 0.328 e. The second-order valence-corrected chi connectivity index (χ2v) is 8.88. The summed E-state index contributed by atoms with van der Waals surface area (Å²) in [7, 11) is -9.89. The van der Waals surface area contributed by atoms with Crippen LogP contribution in [0.15, 0.2) is 29.6 Å². The first kappa shape index (κ1) is 19.8. The number of rotatable bonds is 8. The summed E-state index contributed by atoms with van der Waals surface area (Å²) in [4.78, 5) is 39.3. The fourth-order valence-corrected chi connectivity index (χ4v) is 4.34. The Morgan fingerprint density at radius 1 is 1.22 bits per heavy atom. The van der Waals surface area contributed by atoms with Crippen molar-refractivity contribution in [2.24, 2.45) is 10.8 Å². The lowest BCUT2D eigenvalue weighted by Crippen LogP contribution is -2.41. The van der Waals surface area contributed by atoms with Crippen molar-refractivity contribution >= 4 is 15.2 Å². The highest BCUT2D eigenvalue weighted by molar-refractivity contribution is 7.70. The normalized spacial score (nSPS) is 13.7. The molecule has 0 aliphatic rings. The largest absolute Gasteiger partial charge is 0.341 e. The minimum Gasteiger partial charge on any atom is -0.328 e. The van der Waals surface area contributed by atoms with E-state index in [4.69, 9.17) is 30.8 Å². The highest BCUT2D eigenvalue weighted by atomic mass is 31.2. The number of hydrogen-bond donors (Lipinski definition) is 6. The minimum atomic E-state index is -4.95. The van der Waals surface area contributed by atoms with Crippen molar-refractivity contribution in [2.45, 2.75) is 24.4 Å². The molecule has 11 nitrogen and oxygen atoms in total. The Bertz CT molecular complexity index is 643. The number of aromatic nitrogens is 1. The Hall–Kier alpha value is -1.28. The zero-order valence-electron chi connectivity index (χ0n) is 12.0. The topological polar surface area (TPSA) is 195 Å². The van der Waals surface area contributed by atoms with E-state index in [1.165, 1.54) is 12.1 Å². The Morgan fingerprint density at radius 3 is 2.13 bits per heavy atom. The Balaban J connectivity index is 2.90. The third kappa shape index (κ3) is 6.39. The average Bonchev–Trinajstić information content (AvgIpc) is 2.43. The van der Waals surface area contributed by atoms with Crippen molar-refractivity contribution < 1.29 is 33.3 Å². The molecule has 0 aromatic carbocycles. The molecular weight excluding hydrogens is 348 g/mol. The number of nitrogens with zero attached hydrogens (tertiary/aromatic N) is 3. The fraction of sp³-hybridized carbons (Fsp3) is 0.500. The van der Waals surface area contributed by atoms with Crippen LogP contribution in [0.3, 0.4) is 0 Å². The summed E-state index contributed by atoms with van der Waals surface area (Å²) in [6.45, 7) is 0.537. The van der Waals surface area contributed by atoms with Gasteiger partial charge in [-0.25, -0.2) is 4.57 Å². The van der Waals surface area contributed by atoms with Crippen molar-refractivity contribution in [2.75, 3.05) is 6.54 Å². The molecule has 0 saturated heterocycles. The van der Waals surface area contributed by atoms with Crippen LogP contribution in [0, 0.1) is 5.53 Å². The van der Waals surface area contributed by atoms with Crippen LogP contribution in [0.25, 0.3) is 0 Å². The summed E-state index contributed by atoms with van der Waals surface area (Å²) in [5.74, 6) is 0.